The zero-order valence-electron chi connectivity index (χ0n) is 12.1. The van der Waals surface area contributed by atoms with Crippen LogP contribution in [0.5, 0.6) is 0 Å². The maximum absolute atomic E-state index is 15.2. The lowest BCUT2D eigenvalue weighted by Crippen LogP contribution is -2.32. The second-order valence-corrected chi connectivity index (χ2v) is 6.94. The highest BCUT2D eigenvalue weighted by molar-refractivity contribution is 7.99. The number of allylic oxidation sites excluding steroid dienone is 3. The molecular weight excluding hydrogens is 312 g/mol. The Morgan fingerprint density at radius 1 is 1.23 bits per heavy atom. The number of thioether (sulfide) groups is 1. The lowest BCUT2D eigenvalue weighted by atomic mass is 9.87. The first kappa shape index (κ1) is 15.7. The van der Waals surface area contributed by atoms with Crippen molar-refractivity contribution < 1.29 is 17.6 Å². The largest absolute Gasteiger partial charge is 0.223 e. The van der Waals surface area contributed by atoms with Crippen molar-refractivity contribution >= 4 is 11.8 Å². The predicted molar refractivity (Wildman–Crippen MR) is 80.7 cm³/mol. The third-order valence-electron chi connectivity index (χ3n) is 4.48. The van der Waals surface area contributed by atoms with Crippen molar-refractivity contribution in [1.29, 1.82) is 0 Å². The van der Waals surface area contributed by atoms with E-state index >= 15 is 4.39 Å². The van der Waals surface area contributed by atoms with Gasteiger partial charge in [-0.2, -0.15) is 0 Å². The first-order valence-electron chi connectivity index (χ1n) is 7.29. The lowest BCUT2D eigenvalue weighted by molar-refractivity contribution is 0.222. The van der Waals surface area contributed by atoms with Crippen molar-refractivity contribution in [3.8, 4) is 0 Å². The summed E-state index contributed by atoms with van der Waals surface area (Å²) in [5.74, 6) is -3.49. The van der Waals surface area contributed by atoms with E-state index in [0.29, 0.717) is 11.8 Å². The number of halogens is 4. The molecule has 0 radical (unpaired) electrons. The molecule has 2 aliphatic rings. The first-order valence-corrected chi connectivity index (χ1v) is 8.27. The quantitative estimate of drug-likeness (QED) is 0.627. The van der Waals surface area contributed by atoms with Gasteiger partial charge in [0.25, 0.3) is 0 Å². The van der Waals surface area contributed by atoms with Gasteiger partial charge in [0, 0.05) is 17.2 Å². The van der Waals surface area contributed by atoms with Gasteiger partial charge in [0.2, 0.25) is 5.00 Å². The fourth-order valence-electron chi connectivity index (χ4n) is 3.17. The second-order valence-electron chi connectivity index (χ2n) is 5.76. The van der Waals surface area contributed by atoms with Crippen LogP contribution in [0, 0.1) is 17.6 Å². The van der Waals surface area contributed by atoms with Gasteiger partial charge >= 0.3 is 0 Å². The smallest absolute Gasteiger partial charge is 0.213 e. The summed E-state index contributed by atoms with van der Waals surface area (Å²) >= 11 is 0.690. The molecule has 2 atom stereocenters. The van der Waals surface area contributed by atoms with Crippen molar-refractivity contribution in [3.05, 3.63) is 58.4 Å². The minimum atomic E-state index is -2.21. The van der Waals surface area contributed by atoms with Crippen molar-refractivity contribution in [1.82, 2.24) is 0 Å². The maximum atomic E-state index is 15.2. The van der Waals surface area contributed by atoms with Gasteiger partial charge < -0.3 is 0 Å². The Balaban J connectivity index is 1.82. The predicted octanol–water partition coefficient (Wildman–Crippen LogP) is 5.85. The van der Waals surface area contributed by atoms with Crippen LogP contribution in [0.4, 0.5) is 17.6 Å². The Morgan fingerprint density at radius 2 is 2.00 bits per heavy atom. The summed E-state index contributed by atoms with van der Waals surface area (Å²) in [6.07, 6.45) is 3.77. The number of hydrogen-bond acceptors (Lipinski definition) is 1. The van der Waals surface area contributed by atoms with E-state index in [1.807, 2.05) is 0 Å². The van der Waals surface area contributed by atoms with Crippen molar-refractivity contribution in [2.24, 2.45) is 5.92 Å². The van der Waals surface area contributed by atoms with Gasteiger partial charge in [0.05, 0.1) is 0 Å². The van der Waals surface area contributed by atoms with Gasteiger partial charge in [-0.25, -0.2) is 17.6 Å². The van der Waals surface area contributed by atoms with E-state index in [1.165, 1.54) is 18.2 Å². The van der Waals surface area contributed by atoms with Gasteiger partial charge in [-0.05, 0) is 37.0 Å². The molecule has 2 unspecified atom stereocenters. The molecule has 0 aliphatic heterocycles. The summed E-state index contributed by atoms with van der Waals surface area (Å²) in [6.45, 7) is 1.67. The Hall–Kier alpha value is -1.23. The molecule has 0 fully saturated rings. The molecule has 1 aromatic rings. The molecule has 3 rings (SSSR count). The molecule has 0 N–H and O–H groups in total. The zero-order chi connectivity index (χ0) is 15.9. The minimum absolute atomic E-state index is 0.0493. The van der Waals surface area contributed by atoms with Gasteiger partial charge in [-0.3, -0.25) is 0 Å². The Labute approximate surface area is 131 Å². The monoisotopic (exact) mass is 328 g/mol. The topological polar surface area (TPSA) is 0 Å². The van der Waals surface area contributed by atoms with Crippen molar-refractivity contribution in [2.75, 3.05) is 0 Å². The fraction of sp³-hybridized carbons (Fsp3) is 0.412. The third-order valence-corrected chi connectivity index (χ3v) is 5.90. The summed E-state index contributed by atoms with van der Waals surface area (Å²) in [7, 11) is 0. The van der Waals surface area contributed by atoms with Gasteiger partial charge in [0.1, 0.15) is 5.83 Å². The third kappa shape index (κ3) is 2.49. The fourth-order valence-corrected chi connectivity index (χ4v) is 4.35. The maximum Gasteiger partial charge on any atom is 0.213 e. The average molecular weight is 328 g/mol. The van der Waals surface area contributed by atoms with E-state index in [9.17, 15) is 13.2 Å². The van der Waals surface area contributed by atoms with Crippen molar-refractivity contribution in [3.63, 3.8) is 0 Å². The van der Waals surface area contributed by atoms with Crippen molar-refractivity contribution in [2.45, 2.75) is 36.9 Å². The number of benzene rings is 1. The van der Waals surface area contributed by atoms with Crippen LogP contribution >= 0.6 is 11.8 Å². The van der Waals surface area contributed by atoms with Crippen LogP contribution in [-0.4, -0.2) is 5.00 Å². The molecule has 0 saturated heterocycles. The normalized spacial score (nSPS) is 27.9. The van der Waals surface area contributed by atoms with Gasteiger partial charge in [-0.1, -0.05) is 24.6 Å². The molecule has 0 amide bonds. The van der Waals surface area contributed by atoms with Crippen LogP contribution in [0.3, 0.4) is 0 Å². The zero-order valence-corrected chi connectivity index (χ0v) is 13.0. The molecule has 0 spiro atoms. The summed E-state index contributed by atoms with van der Waals surface area (Å²) in [6, 6.07) is 3.77. The average Bonchev–Trinajstić information content (AvgIpc) is 2.95. The lowest BCUT2D eigenvalue weighted by Gasteiger charge is -2.34. The van der Waals surface area contributed by atoms with Crippen LogP contribution in [0.1, 0.15) is 31.7 Å². The van der Waals surface area contributed by atoms with Crippen LogP contribution in [0.15, 0.2) is 41.2 Å². The van der Waals surface area contributed by atoms with E-state index in [4.69, 9.17) is 0 Å². The van der Waals surface area contributed by atoms with Crippen LogP contribution < -0.4 is 0 Å². The second kappa shape index (κ2) is 5.76. The Morgan fingerprint density at radius 3 is 2.77 bits per heavy atom. The summed E-state index contributed by atoms with van der Waals surface area (Å²) < 4.78 is 56.3. The number of rotatable bonds is 3. The molecule has 0 bridgehead atoms. The molecule has 1 aromatic carbocycles. The van der Waals surface area contributed by atoms with E-state index < -0.39 is 28.4 Å². The van der Waals surface area contributed by atoms with Gasteiger partial charge in [-0.15, -0.1) is 11.8 Å². The molecule has 22 heavy (non-hydrogen) atoms. The molecule has 5 heteroatoms. The van der Waals surface area contributed by atoms with E-state index in [-0.39, 0.29) is 11.3 Å². The Bertz CT molecular complexity index is 665. The van der Waals surface area contributed by atoms with E-state index in [1.54, 1.807) is 6.92 Å². The highest BCUT2D eigenvalue weighted by Crippen LogP contribution is 2.53. The molecule has 0 heterocycles. The molecule has 2 aliphatic carbocycles. The molecular formula is C17H16F4S. The van der Waals surface area contributed by atoms with Crippen LogP contribution in [0.2, 0.25) is 0 Å². The highest BCUT2D eigenvalue weighted by atomic mass is 32.2. The SMILES string of the molecule is CC1C2=C(C=C(F)C1(F)SCc1cccc(F)c1F)CCC2. The highest BCUT2D eigenvalue weighted by Gasteiger charge is 2.47. The molecule has 0 aromatic heterocycles. The van der Waals surface area contributed by atoms with Crippen LogP contribution in [0.25, 0.3) is 0 Å². The summed E-state index contributed by atoms with van der Waals surface area (Å²) in [5.41, 5.74) is 1.90. The number of alkyl halides is 1. The van der Waals surface area contributed by atoms with Crippen LogP contribution in [-0.2, 0) is 5.75 Å². The van der Waals surface area contributed by atoms with E-state index in [2.05, 4.69) is 0 Å². The minimum Gasteiger partial charge on any atom is -0.223 e. The standard InChI is InChI=1S/C17H16F4S/c1-10-13-6-2-4-11(13)8-15(19)17(10,21)22-9-12-5-3-7-14(18)16(12)20/h3,5,7-8,10H,2,4,6,9H2,1H3. The summed E-state index contributed by atoms with van der Waals surface area (Å²) in [5, 5.41) is -2.21. The van der Waals surface area contributed by atoms with E-state index in [0.717, 1.165) is 36.5 Å². The number of hydrogen-bond donors (Lipinski definition) is 0. The van der Waals surface area contributed by atoms with Gasteiger partial charge in [0.15, 0.2) is 11.6 Å². The molecule has 118 valence electrons. The summed E-state index contributed by atoms with van der Waals surface area (Å²) in [4.78, 5) is 0. The molecule has 0 saturated carbocycles. The molecule has 0 nitrogen and oxygen atoms in total. The Kier molecular flexibility index (Phi) is 4.10. The first-order chi connectivity index (χ1) is 10.4.